The predicted octanol–water partition coefficient (Wildman–Crippen LogP) is 3.79. The summed E-state index contributed by atoms with van der Waals surface area (Å²) in [5.74, 6) is 2.16. The third-order valence-electron chi connectivity index (χ3n) is 3.14. The first-order valence-electron chi connectivity index (χ1n) is 6.78. The lowest BCUT2D eigenvalue weighted by Crippen LogP contribution is -2.31. The summed E-state index contributed by atoms with van der Waals surface area (Å²) in [7, 11) is 1.57. The summed E-state index contributed by atoms with van der Waals surface area (Å²) >= 11 is 0. The van der Waals surface area contributed by atoms with Crippen molar-refractivity contribution in [2.45, 2.75) is 26.8 Å². The minimum atomic E-state index is -0.305. The number of carbonyl (C=O) groups is 1. The molecule has 0 aliphatic heterocycles. The van der Waals surface area contributed by atoms with Crippen LogP contribution < -0.4 is 15.4 Å². The van der Waals surface area contributed by atoms with Gasteiger partial charge in [-0.1, -0.05) is 6.07 Å². The molecule has 0 saturated carbocycles. The van der Waals surface area contributed by atoms with Gasteiger partial charge in [-0.3, -0.25) is 0 Å². The molecule has 0 bridgehead atoms. The van der Waals surface area contributed by atoms with Crippen molar-refractivity contribution in [1.82, 2.24) is 5.32 Å². The topological polar surface area (TPSA) is 63.5 Å². The van der Waals surface area contributed by atoms with Crippen LogP contribution in [0.1, 0.15) is 30.0 Å². The van der Waals surface area contributed by atoms with Gasteiger partial charge in [0.05, 0.1) is 18.8 Å². The van der Waals surface area contributed by atoms with Crippen molar-refractivity contribution < 1.29 is 13.9 Å². The van der Waals surface area contributed by atoms with Crippen LogP contribution in [0.4, 0.5) is 10.5 Å². The summed E-state index contributed by atoms with van der Waals surface area (Å²) in [4.78, 5) is 12.1. The fourth-order valence-corrected chi connectivity index (χ4v) is 2.03. The maximum atomic E-state index is 12.1. The van der Waals surface area contributed by atoms with E-state index >= 15 is 0 Å². The molecule has 0 aliphatic rings. The van der Waals surface area contributed by atoms with Crippen LogP contribution in [0.5, 0.6) is 5.75 Å². The Morgan fingerprint density at radius 2 is 2.00 bits per heavy atom. The van der Waals surface area contributed by atoms with E-state index in [-0.39, 0.29) is 12.1 Å². The summed E-state index contributed by atoms with van der Waals surface area (Å²) in [5, 5.41) is 5.62. The normalized spacial score (nSPS) is 11.8. The van der Waals surface area contributed by atoms with Crippen LogP contribution in [0.3, 0.4) is 0 Å². The number of aryl methyl sites for hydroxylation is 2. The fourth-order valence-electron chi connectivity index (χ4n) is 2.03. The quantitative estimate of drug-likeness (QED) is 0.899. The second kappa shape index (κ2) is 6.35. The Morgan fingerprint density at radius 1 is 1.24 bits per heavy atom. The van der Waals surface area contributed by atoms with Crippen LogP contribution in [-0.2, 0) is 0 Å². The number of furan rings is 1. The van der Waals surface area contributed by atoms with Crippen molar-refractivity contribution in [2.24, 2.45) is 0 Å². The number of nitrogens with one attached hydrogen (secondary N) is 2. The van der Waals surface area contributed by atoms with Crippen LogP contribution in [-0.4, -0.2) is 13.1 Å². The molecular formula is C16H20N2O3. The third-order valence-corrected chi connectivity index (χ3v) is 3.14. The van der Waals surface area contributed by atoms with Crippen molar-refractivity contribution in [3.05, 3.63) is 47.4 Å². The summed E-state index contributed by atoms with van der Waals surface area (Å²) in [5.41, 5.74) is 1.68. The van der Waals surface area contributed by atoms with Gasteiger partial charge in [0.25, 0.3) is 0 Å². The molecule has 1 atom stereocenters. The van der Waals surface area contributed by atoms with Gasteiger partial charge in [0.1, 0.15) is 17.3 Å². The number of urea groups is 1. The molecule has 2 rings (SSSR count). The van der Waals surface area contributed by atoms with Crippen molar-refractivity contribution in [3.63, 3.8) is 0 Å². The van der Waals surface area contributed by atoms with E-state index in [9.17, 15) is 4.79 Å². The highest BCUT2D eigenvalue weighted by atomic mass is 16.5. The molecule has 1 aromatic carbocycles. The van der Waals surface area contributed by atoms with Gasteiger partial charge in [-0.15, -0.1) is 0 Å². The zero-order chi connectivity index (χ0) is 15.4. The highest BCUT2D eigenvalue weighted by Gasteiger charge is 2.14. The molecule has 112 valence electrons. The lowest BCUT2D eigenvalue weighted by atomic mass is 10.2. The van der Waals surface area contributed by atoms with Gasteiger partial charge in [-0.25, -0.2) is 4.79 Å². The molecule has 5 nitrogen and oxygen atoms in total. The van der Waals surface area contributed by atoms with Gasteiger partial charge in [0, 0.05) is 0 Å². The number of hydrogen-bond acceptors (Lipinski definition) is 3. The maximum absolute atomic E-state index is 12.1. The Balaban J connectivity index is 2.03. The summed E-state index contributed by atoms with van der Waals surface area (Å²) in [6.45, 7) is 5.69. The predicted molar refractivity (Wildman–Crippen MR) is 81.7 cm³/mol. The number of carbonyl (C=O) groups excluding carboxylic acids is 1. The molecule has 0 spiro atoms. The first-order chi connectivity index (χ1) is 9.99. The van der Waals surface area contributed by atoms with Crippen molar-refractivity contribution in [2.75, 3.05) is 12.4 Å². The van der Waals surface area contributed by atoms with Crippen LogP contribution in [0.2, 0.25) is 0 Å². The second-order valence-electron chi connectivity index (χ2n) is 4.97. The standard InChI is InChI=1S/C16H20N2O3/c1-10-5-7-15(20-4)13(9-10)18-16(19)17-12(3)14-8-6-11(2)21-14/h5-9,12H,1-4H3,(H2,17,18,19)/t12-/m1/s1. The van der Waals surface area contributed by atoms with Gasteiger partial charge in [0.15, 0.2) is 0 Å². The highest BCUT2D eigenvalue weighted by molar-refractivity contribution is 5.91. The molecule has 21 heavy (non-hydrogen) atoms. The van der Waals surface area contributed by atoms with Crippen molar-refractivity contribution in [3.8, 4) is 5.75 Å². The number of ether oxygens (including phenoxy) is 1. The molecule has 0 unspecified atom stereocenters. The van der Waals surface area contributed by atoms with E-state index in [0.29, 0.717) is 11.4 Å². The van der Waals surface area contributed by atoms with Gasteiger partial charge in [0.2, 0.25) is 0 Å². The lowest BCUT2D eigenvalue weighted by Gasteiger charge is -2.14. The zero-order valence-corrected chi connectivity index (χ0v) is 12.7. The molecule has 0 radical (unpaired) electrons. The van der Waals surface area contributed by atoms with E-state index < -0.39 is 0 Å². The number of anilines is 1. The average molecular weight is 288 g/mol. The average Bonchev–Trinajstić information content (AvgIpc) is 2.85. The Morgan fingerprint density at radius 3 is 2.62 bits per heavy atom. The number of benzene rings is 1. The molecule has 1 aromatic heterocycles. The molecule has 0 saturated heterocycles. The van der Waals surface area contributed by atoms with E-state index in [1.54, 1.807) is 7.11 Å². The summed E-state index contributed by atoms with van der Waals surface area (Å²) < 4.78 is 10.7. The van der Waals surface area contributed by atoms with Crippen LogP contribution in [0, 0.1) is 13.8 Å². The Labute approximate surface area is 124 Å². The highest BCUT2D eigenvalue weighted by Crippen LogP contribution is 2.25. The third kappa shape index (κ3) is 3.78. The number of rotatable bonds is 4. The first-order valence-corrected chi connectivity index (χ1v) is 6.78. The van der Waals surface area contributed by atoms with Gasteiger partial charge in [-0.2, -0.15) is 0 Å². The van der Waals surface area contributed by atoms with Gasteiger partial charge >= 0.3 is 6.03 Å². The van der Waals surface area contributed by atoms with E-state index in [1.165, 1.54) is 0 Å². The second-order valence-corrected chi connectivity index (χ2v) is 4.97. The van der Waals surface area contributed by atoms with E-state index in [0.717, 1.165) is 17.1 Å². The molecule has 1 heterocycles. The van der Waals surface area contributed by atoms with Crippen molar-refractivity contribution in [1.29, 1.82) is 0 Å². The monoisotopic (exact) mass is 288 g/mol. The maximum Gasteiger partial charge on any atom is 0.319 e. The Bertz CT molecular complexity index is 634. The summed E-state index contributed by atoms with van der Waals surface area (Å²) in [6, 6.07) is 8.82. The largest absolute Gasteiger partial charge is 0.495 e. The van der Waals surface area contributed by atoms with Crippen LogP contribution >= 0.6 is 0 Å². The molecule has 0 aliphatic carbocycles. The lowest BCUT2D eigenvalue weighted by molar-refractivity contribution is 0.247. The summed E-state index contributed by atoms with van der Waals surface area (Å²) in [6.07, 6.45) is 0. The minimum absolute atomic E-state index is 0.213. The fraction of sp³-hybridized carbons (Fsp3) is 0.312. The van der Waals surface area contributed by atoms with Crippen molar-refractivity contribution >= 4 is 11.7 Å². The van der Waals surface area contributed by atoms with Crippen LogP contribution in [0.25, 0.3) is 0 Å². The number of amides is 2. The molecule has 2 amide bonds. The van der Waals surface area contributed by atoms with E-state index in [1.807, 2.05) is 51.1 Å². The smallest absolute Gasteiger partial charge is 0.319 e. The number of methoxy groups -OCH3 is 1. The molecule has 5 heteroatoms. The minimum Gasteiger partial charge on any atom is -0.495 e. The molecular weight excluding hydrogens is 268 g/mol. The van der Waals surface area contributed by atoms with Gasteiger partial charge < -0.3 is 19.8 Å². The number of hydrogen-bond donors (Lipinski definition) is 2. The van der Waals surface area contributed by atoms with Gasteiger partial charge in [-0.05, 0) is 50.6 Å². The molecule has 2 N–H and O–H groups in total. The SMILES string of the molecule is COc1ccc(C)cc1NC(=O)N[C@H](C)c1ccc(C)o1. The van der Waals surface area contributed by atoms with E-state index in [4.69, 9.17) is 9.15 Å². The van der Waals surface area contributed by atoms with E-state index in [2.05, 4.69) is 10.6 Å². The molecule has 0 fully saturated rings. The Kier molecular flexibility index (Phi) is 4.52. The zero-order valence-electron chi connectivity index (χ0n) is 12.7. The molecule has 2 aromatic rings. The first kappa shape index (κ1) is 15.0. The Hall–Kier alpha value is -2.43. The van der Waals surface area contributed by atoms with Crippen LogP contribution in [0.15, 0.2) is 34.7 Å².